The van der Waals surface area contributed by atoms with Gasteiger partial charge in [0.2, 0.25) is 5.91 Å². The standard InChI is InChI=1S/C22H31NO5/c1-3-12-23(14-15(2)8-7-11-16-9-5-4-6-10-16)20(24)19-17(21(25)26)13-18(19)22(27)28/h4-6,9-10,15,17-19H,3,7-8,11-14H2,1-2H3,(H,25,26)(H,27,28)/t15-,17?,18?,19?/m1/s1. The van der Waals surface area contributed by atoms with E-state index in [1.807, 2.05) is 25.1 Å². The number of carboxylic acid groups (broad SMARTS) is 2. The predicted octanol–water partition coefficient (Wildman–Crippen LogP) is 3.31. The maximum absolute atomic E-state index is 13.0. The van der Waals surface area contributed by atoms with E-state index in [0.717, 1.165) is 25.7 Å². The van der Waals surface area contributed by atoms with E-state index in [1.165, 1.54) is 5.56 Å². The van der Waals surface area contributed by atoms with Crippen LogP contribution in [-0.4, -0.2) is 46.0 Å². The Kier molecular flexibility index (Phi) is 8.03. The van der Waals surface area contributed by atoms with Gasteiger partial charge in [0, 0.05) is 13.1 Å². The van der Waals surface area contributed by atoms with E-state index in [1.54, 1.807) is 4.90 Å². The van der Waals surface area contributed by atoms with Crippen molar-refractivity contribution < 1.29 is 24.6 Å². The van der Waals surface area contributed by atoms with Gasteiger partial charge in [-0.2, -0.15) is 0 Å². The van der Waals surface area contributed by atoms with E-state index in [2.05, 4.69) is 19.1 Å². The van der Waals surface area contributed by atoms with Crippen LogP contribution in [0.3, 0.4) is 0 Å². The van der Waals surface area contributed by atoms with E-state index < -0.39 is 29.7 Å². The molecule has 0 aliphatic heterocycles. The highest BCUT2D eigenvalue weighted by molar-refractivity contribution is 5.92. The smallest absolute Gasteiger partial charge is 0.307 e. The zero-order chi connectivity index (χ0) is 20.7. The number of hydrogen-bond donors (Lipinski definition) is 2. The largest absolute Gasteiger partial charge is 0.481 e. The summed E-state index contributed by atoms with van der Waals surface area (Å²) in [5.74, 6) is -4.93. The fourth-order valence-electron chi connectivity index (χ4n) is 4.04. The number of carbonyl (C=O) groups excluding carboxylic acids is 1. The van der Waals surface area contributed by atoms with Crippen molar-refractivity contribution in [3.63, 3.8) is 0 Å². The van der Waals surface area contributed by atoms with Crippen molar-refractivity contribution in [3.05, 3.63) is 35.9 Å². The molecule has 2 N–H and O–H groups in total. The lowest BCUT2D eigenvalue weighted by molar-refractivity contribution is -0.171. The third-order valence-corrected chi connectivity index (χ3v) is 5.64. The first kappa shape index (κ1) is 21.9. The first-order chi connectivity index (χ1) is 13.3. The molecule has 1 saturated carbocycles. The second-order valence-corrected chi connectivity index (χ2v) is 7.92. The summed E-state index contributed by atoms with van der Waals surface area (Å²) in [6.07, 6.45) is 3.74. The predicted molar refractivity (Wildman–Crippen MR) is 106 cm³/mol. The number of benzene rings is 1. The van der Waals surface area contributed by atoms with Crippen LogP contribution in [0.25, 0.3) is 0 Å². The molecule has 0 aromatic heterocycles. The van der Waals surface area contributed by atoms with E-state index in [0.29, 0.717) is 13.1 Å². The summed E-state index contributed by atoms with van der Waals surface area (Å²) in [5, 5.41) is 18.6. The van der Waals surface area contributed by atoms with Gasteiger partial charge in [-0.1, -0.05) is 44.2 Å². The third kappa shape index (κ3) is 5.57. The van der Waals surface area contributed by atoms with Crippen LogP contribution in [0, 0.1) is 23.7 Å². The Morgan fingerprint density at radius 1 is 1.11 bits per heavy atom. The maximum atomic E-state index is 13.0. The Labute approximate surface area is 166 Å². The number of amides is 1. The summed E-state index contributed by atoms with van der Waals surface area (Å²) in [7, 11) is 0. The van der Waals surface area contributed by atoms with Crippen LogP contribution in [0.5, 0.6) is 0 Å². The second kappa shape index (κ2) is 10.2. The van der Waals surface area contributed by atoms with Crippen molar-refractivity contribution in [1.82, 2.24) is 4.90 Å². The van der Waals surface area contributed by atoms with Gasteiger partial charge in [0.1, 0.15) is 0 Å². The second-order valence-electron chi connectivity index (χ2n) is 7.92. The van der Waals surface area contributed by atoms with Crippen molar-refractivity contribution >= 4 is 17.8 Å². The van der Waals surface area contributed by atoms with E-state index in [4.69, 9.17) is 0 Å². The zero-order valence-corrected chi connectivity index (χ0v) is 16.7. The van der Waals surface area contributed by atoms with E-state index in [9.17, 15) is 24.6 Å². The highest BCUT2D eigenvalue weighted by Gasteiger charge is 2.54. The number of carbonyl (C=O) groups is 3. The fourth-order valence-corrected chi connectivity index (χ4v) is 4.04. The molecule has 0 radical (unpaired) electrons. The molecule has 1 aliphatic rings. The molecule has 6 heteroatoms. The number of nitrogens with zero attached hydrogens (tertiary/aromatic N) is 1. The number of carboxylic acids is 2. The monoisotopic (exact) mass is 389 g/mol. The van der Waals surface area contributed by atoms with Crippen LogP contribution in [0.2, 0.25) is 0 Å². The molecule has 6 nitrogen and oxygen atoms in total. The Bertz CT molecular complexity index is 655. The minimum absolute atomic E-state index is 0.0354. The molecular formula is C22H31NO5. The number of aryl methyl sites for hydroxylation is 1. The summed E-state index contributed by atoms with van der Waals surface area (Å²) in [4.78, 5) is 37.4. The average molecular weight is 389 g/mol. The van der Waals surface area contributed by atoms with Gasteiger partial charge in [-0.05, 0) is 43.6 Å². The number of rotatable bonds is 11. The molecule has 1 aromatic carbocycles. The average Bonchev–Trinajstić information content (AvgIpc) is 2.60. The SMILES string of the molecule is CCCN(C[C@H](C)CCCc1ccccc1)C(=O)C1C(C(=O)O)CC1C(=O)O. The van der Waals surface area contributed by atoms with Gasteiger partial charge in [0.05, 0.1) is 17.8 Å². The third-order valence-electron chi connectivity index (χ3n) is 5.64. The maximum Gasteiger partial charge on any atom is 0.307 e. The van der Waals surface area contributed by atoms with Crippen LogP contribution in [0.1, 0.15) is 45.1 Å². The van der Waals surface area contributed by atoms with Crippen LogP contribution in [0.15, 0.2) is 30.3 Å². The highest BCUT2D eigenvalue weighted by Crippen LogP contribution is 2.42. The lowest BCUT2D eigenvalue weighted by Crippen LogP contribution is -2.54. The molecule has 1 amide bonds. The Hall–Kier alpha value is -2.37. The minimum Gasteiger partial charge on any atom is -0.481 e. The summed E-state index contributed by atoms with van der Waals surface area (Å²) >= 11 is 0. The first-order valence-electron chi connectivity index (χ1n) is 10.1. The molecule has 0 bridgehead atoms. The van der Waals surface area contributed by atoms with Gasteiger partial charge < -0.3 is 15.1 Å². The molecule has 1 aliphatic carbocycles. The summed E-state index contributed by atoms with van der Waals surface area (Å²) in [6, 6.07) is 10.3. The van der Waals surface area contributed by atoms with Crippen molar-refractivity contribution in [2.24, 2.45) is 23.7 Å². The Balaban J connectivity index is 1.93. The van der Waals surface area contributed by atoms with E-state index >= 15 is 0 Å². The lowest BCUT2D eigenvalue weighted by atomic mass is 9.64. The summed E-state index contributed by atoms with van der Waals surface area (Å²) in [6.45, 7) is 5.11. The van der Waals surface area contributed by atoms with Crippen molar-refractivity contribution in [2.75, 3.05) is 13.1 Å². The normalized spacial score (nSPS) is 22.1. The molecule has 3 atom stereocenters. The molecule has 0 spiro atoms. The van der Waals surface area contributed by atoms with Gasteiger partial charge in [-0.15, -0.1) is 0 Å². The lowest BCUT2D eigenvalue weighted by Gasteiger charge is -2.41. The van der Waals surface area contributed by atoms with Gasteiger partial charge in [-0.3, -0.25) is 14.4 Å². The van der Waals surface area contributed by atoms with Crippen molar-refractivity contribution in [2.45, 2.75) is 46.0 Å². The molecule has 28 heavy (non-hydrogen) atoms. The van der Waals surface area contributed by atoms with Crippen LogP contribution in [0.4, 0.5) is 0 Å². The van der Waals surface area contributed by atoms with Crippen molar-refractivity contribution in [3.8, 4) is 0 Å². The molecular weight excluding hydrogens is 358 g/mol. The molecule has 2 rings (SSSR count). The zero-order valence-electron chi connectivity index (χ0n) is 16.7. The Morgan fingerprint density at radius 3 is 2.25 bits per heavy atom. The molecule has 0 heterocycles. The minimum atomic E-state index is -1.08. The van der Waals surface area contributed by atoms with Gasteiger partial charge in [-0.25, -0.2) is 0 Å². The summed E-state index contributed by atoms with van der Waals surface area (Å²) < 4.78 is 0. The van der Waals surface area contributed by atoms with Crippen LogP contribution < -0.4 is 0 Å². The number of hydrogen-bond acceptors (Lipinski definition) is 3. The molecule has 1 fully saturated rings. The summed E-state index contributed by atoms with van der Waals surface area (Å²) in [5.41, 5.74) is 1.29. The Morgan fingerprint density at radius 2 is 1.71 bits per heavy atom. The molecule has 2 unspecified atom stereocenters. The van der Waals surface area contributed by atoms with Crippen molar-refractivity contribution in [1.29, 1.82) is 0 Å². The van der Waals surface area contributed by atoms with Gasteiger partial charge in [0.15, 0.2) is 0 Å². The first-order valence-corrected chi connectivity index (χ1v) is 10.1. The highest BCUT2D eigenvalue weighted by atomic mass is 16.4. The van der Waals surface area contributed by atoms with Gasteiger partial charge in [0.25, 0.3) is 0 Å². The number of aliphatic carboxylic acids is 2. The topological polar surface area (TPSA) is 94.9 Å². The fraction of sp³-hybridized carbons (Fsp3) is 0.591. The molecule has 0 saturated heterocycles. The quantitative estimate of drug-likeness (QED) is 0.605. The van der Waals surface area contributed by atoms with Gasteiger partial charge >= 0.3 is 11.9 Å². The van der Waals surface area contributed by atoms with Crippen LogP contribution >= 0.6 is 0 Å². The van der Waals surface area contributed by atoms with E-state index in [-0.39, 0.29) is 18.2 Å². The molecule has 1 aromatic rings. The molecule has 154 valence electrons. The van der Waals surface area contributed by atoms with Crippen LogP contribution in [-0.2, 0) is 20.8 Å².